The van der Waals surface area contributed by atoms with Gasteiger partial charge in [-0.1, -0.05) is 12.1 Å². The van der Waals surface area contributed by atoms with Gasteiger partial charge in [0.1, 0.15) is 17.3 Å². The van der Waals surface area contributed by atoms with E-state index in [1.807, 2.05) is 4.90 Å². The summed E-state index contributed by atoms with van der Waals surface area (Å²) in [6.45, 7) is 2.53. The highest BCUT2D eigenvalue weighted by molar-refractivity contribution is 6.03. The number of aliphatic imine (C=N–C) groups is 1. The lowest BCUT2D eigenvalue weighted by molar-refractivity contribution is 0.0995. The van der Waals surface area contributed by atoms with Gasteiger partial charge in [0.2, 0.25) is 5.75 Å². The number of hydrogen-bond donors (Lipinski definition) is 2. The maximum atomic E-state index is 13.0. The third-order valence-electron chi connectivity index (χ3n) is 4.91. The van der Waals surface area contributed by atoms with Crippen molar-refractivity contribution in [2.24, 2.45) is 10.7 Å². The van der Waals surface area contributed by atoms with Crippen molar-refractivity contribution < 1.29 is 19.0 Å². The Morgan fingerprint density at radius 3 is 2.61 bits per heavy atom. The van der Waals surface area contributed by atoms with Crippen LogP contribution in [0.4, 0.5) is 10.1 Å². The standard InChI is InChI=1S/C21H20FN5O4/c22-14-3-1-13(2-4-14)11-16(23)24-20(29)18-19(28)21(30)27-12-15(5-6-17(27)25-18)26-7-9-31-10-8-26/h1-6,12,28H,7-11H2,(H2,23,24,29). The normalized spacial score (nSPS) is 14.7. The Morgan fingerprint density at radius 1 is 1.19 bits per heavy atom. The second-order valence-electron chi connectivity index (χ2n) is 7.04. The zero-order valence-electron chi connectivity index (χ0n) is 16.5. The predicted molar refractivity (Wildman–Crippen MR) is 112 cm³/mol. The first kappa shape index (κ1) is 20.5. The zero-order chi connectivity index (χ0) is 22.0. The Morgan fingerprint density at radius 2 is 1.90 bits per heavy atom. The molecule has 9 nitrogen and oxygen atoms in total. The Hall–Kier alpha value is -3.79. The molecule has 160 valence electrons. The third kappa shape index (κ3) is 4.38. The molecule has 0 bridgehead atoms. The smallest absolute Gasteiger partial charge is 0.301 e. The van der Waals surface area contributed by atoms with Crippen molar-refractivity contribution in [1.82, 2.24) is 9.38 Å². The number of aromatic hydroxyl groups is 1. The molecule has 0 radical (unpaired) electrons. The zero-order valence-corrected chi connectivity index (χ0v) is 16.5. The van der Waals surface area contributed by atoms with Gasteiger partial charge in [-0.05, 0) is 29.8 Å². The van der Waals surface area contributed by atoms with Gasteiger partial charge in [-0.15, -0.1) is 0 Å². The first-order valence-corrected chi connectivity index (χ1v) is 9.62. The number of nitrogens with zero attached hydrogens (tertiary/aromatic N) is 4. The first-order chi connectivity index (χ1) is 14.9. The molecule has 1 aliphatic rings. The molecule has 1 saturated heterocycles. The fourth-order valence-corrected chi connectivity index (χ4v) is 3.31. The predicted octanol–water partition coefficient (Wildman–Crippen LogP) is 1.12. The maximum absolute atomic E-state index is 13.0. The van der Waals surface area contributed by atoms with Gasteiger partial charge in [0, 0.05) is 25.7 Å². The fraction of sp³-hybridized carbons (Fsp3) is 0.238. The molecule has 10 heteroatoms. The summed E-state index contributed by atoms with van der Waals surface area (Å²) in [6.07, 6.45) is 1.67. The minimum absolute atomic E-state index is 0.0549. The molecule has 1 aliphatic heterocycles. The molecule has 2 aromatic heterocycles. The molecule has 1 aromatic carbocycles. The lowest BCUT2D eigenvalue weighted by Crippen LogP contribution is -2.36. The highest BCUT2D eigenvalue weighted by Gasteiger charge is 2.20. The van der Waals surface area contributed by atoms with Crippen molar-refractivity contribution in [3.05, 3.63) is 70.0 Å². The van der Waals surface area contributed by atoms with Crippen LogP contribution in [0, 0.1) is 5.82 Å². The number of halogens is 1. The van der Waals surface area contributed by atoms with Gasteiger partial charge in [-0.2, -0.15) is 4.99 Å². The van der Waals surface area contributed by atoms with Gasteiger partial charge in [-0.3, -0.25) is 14.0 Å². The van der Waals surface area contributed by atoms with E-state index in [9.17, 15) is 19.1 Å². The number of benzene rings is 1. The SMILES string of the molecule is NC(Cc1ccc(F)cc1)=NC(=O)c1nc2ccc(N3CCOCC3)cn2c(=O)c1O. The lowest BCUT2D eigenvalue weighted by Gasteiger charge is -2.28. The van der Waals surface area contributed by atoms with Crippen LogP contribution in [0.2, 0.25) is 0 Å². The number of aromatic nitrogens is 2. The number of nitrogens with two attached hydrogens (primary N) is 1. The van der Waals surface area contributed by atoms with Crippen molar-refractivity contribution in [2.75, 3.05) is 31.2 Å². The van der Waals surface area contributed by atoms with E-state index in [4.69, 9.17) is 10.5 Å². The Bertz CT molecular complexity index is 1220. The van der Waals surface area contributed by atoms with Gasteiger partial charge in [0.25, 0.3) is 0 Å². The molecular formula is C21H20FN5O4. The molecule has 0 atom stereocenters. The van der Waals surface area contributed by atoms with Crippen molar-refractivity contribution in [1.29, 1.82) is 0 Å². The molecule has 1 amide bonds. The largest absolute Gasteiger partial charge is 0.501 e. The average molecular weight is 425 g/mol. The van der Waals surface area contributed by atoms with Crippen LogP contribution in [0.1, 0.15) is 16.1 Å². The van der Waals surface area contributed by atoms with Gasteiger partial charge in [-0.25, -0.2) is 9.37 Å². The van der Waals surface area contributed by atoms with Crippen LogP contribution in [-0.2, 0) is 11.2 Å². The fourth-order valence-electron chi connectivity index (χ4n) is 3.31. The van der Waals surface area contributed by atoms with Crippen molar-refractivity contribution in [3.8, 4) is 5.75 Å². The summed E-state index contributed by atoms with van der Waals surface area (Å²) in [4.78, 5) is 35.1. The van der Waals surface area contributed by atoms with E-state index in [0.717, 1.165) is 5.69 Å². The van der Waals surface area contributed by atoms with E-state index >= 15 is 0 Å². The third-order valence-corrected chi connectivity index (χ3v) is 4.91. The molecule has 31 heavy (non-hydrogen) atoms. The number of rotatable bonds is 4. The van der Waals surface area contributed by atoms with Crippen LogP contribution < -0.4 is 16.2 Å². The molecule has 0 unspecified atom stereocenters. The average Bonchev–Trinajstić information content (AvgIpc) is 2.78. The van der Waals surface area contributed by atoms with E-state index in [-0.39, 0.29) is 17.9 Å². The molecule has 1 fully saturated rings. The number of fused-ring (bicyclic) bond motifs is 1. The van der Waals surface area contributed by atoms with E-state index in [1.165, 1.54) is 28.7 Å². The van der Waals surface area contributed by atoms with Crippen LogP contribution >= 0.6 is 0 Å². The minimum atomic E-state index is -0.936. The second kappa shape index (κ2) is 8.52. The van der Waals surface area contributed by atoms with E-state index in [1.54, 1.807) is 18.3 Å². The van der Waals surface area contributed by atoms with Gasteiger partial charge >= 0.3 is 11.5 Å². The molecular weight excluding hydrogens is 405 g/mol. The van der Waals surface area contributed by atoms with E-state index in [0.29, 0.717) is 31.9 Å². The number of hydrogen-bond acceptors (Lipinski definition) is 6. The number of carbonyl (C=O) groups excluding carboxylic acids is 1. The maximum Gasteiger partial charge on any atom is 0.301 e. The monoisotopic (exact) mass is 425 g/mol. The number of amidine groups is 1. The summed E-state index contributed by atoms with van der Waals surface area (Å²) in [5.74, 6) is -2.19. The highest BCUT2D eigenvalue weighted by Crippen LogP contribution is 2.18. The minimum Gasteiger partial charge on any atom is -0.501 e. The van der Waals surface area contributed by atoms with Crippen LogP contribution in [-0.4, -0.2) is 52.5 Å². The van der Waals surface area contributed by atoms with Crippen LogP contribution in [0.3, 0.4) is 0 Å². The van der Waals surface area contributed by atoms with E-state index in [2.05, 4.69) is 9.98 Å². The number of pyridine rings is 1. The number of carbonyl (C=O) groups is 1. The molecule has 0 saturated carbocycles. The van der Waals surface area contributed by atoms with Crippen molar-refractivity contribution >= 4 is 23.1 Å². The summed E-state index contributed by atoms with van der Waals surface area (Å²) >= 11 is 0. The number of ether oxygens (including phenoxy) is 1. The van der Waals surface area contributed by atoms with Crippen molar-refractivity contribution in [2.45, 2.75) is 6.42 Å². The van der Waals surface area contributed by atoms with Crippen LogP contribution in [0.15, 0.2) is 52.4 Å². The molecule has 3 N–H and O–H groups in total. The van der Waals surface area contributed by atoms with Gasteiger partial charge < -0.3 is 20.5 Å². The van der Waals surface area contributed by atoms with Gasteiger partial charge in [0.15, 0.2) is 5.69 Å². The molecule has 0 spiro atoms. The van der Waals surface area contributed by atoms with Crippen LogP contribution in [0.5, 0.6) is 5.75 Å². The van der Waals surface area contributed by atoms with Crippen molar-refractivity contribution in [3.63, 3.8) is 0 Å². The number of anilines is 1. The topological polar surface area (TPSA) is 123 Å². The lowest BCUT2D eigenvalue weighted by atomic mass is 10.1. The van der Waals surface area contributed by atoms with Crippen LogP contribution in [0.25, 0.3) is 5.65 Å². The number of morpholine rings is 1. The second-order valence-corrected chi connectivity index (χ2v) is 7.04. The summed E-state index contributed by atoms with van der Waals surface area (Å²) < 4.78 is 19.5. The quantitative estimate of drug-likeness (QED) is 0.474. The summed E-state index contributed by atoms with van der Waals surface area (Å²) in [7, 11) is 0. The molecule has 3 heterocycles. The number of amides is 1. The molecule has 4 rings (SSSR count). The van der Waals surface area contributed by atoms with E-state index < -0.39 is 28.7 Å². The molecule has 0 aliphatic carbocycles. The summed E-state index contributed by atoms with van der Waals surface area (Å²) in [5.41, 5.74) is 6.17. The Balaban J connectivity index is 1.62. The van der Waals surface area contributed by atoms with Gasteiger partial charge in [0.05, 0.1) is 18.9 Å². The highest BCUT2D eigenvalue weighted by atomic mass is 19.1. The summed E-state index contributed by atoms with van der Waals surface area (Å²) in [6, 6.07) is 8.96. The molecule has 3 aromatic rings. The summed E-state index contributed by atoms with van der Waals surface area (Å²) in [5, 5.41) is 10.3. The Labute approximate surface area is 176 Å². The first-order valence-electron chi connectivity index (χ1n) is 9.62. The Kier molecular flexibility index (Phi) is 5.63.